The van der Waals surface area contributed by atoms with E-state index in [0.29, 0.717) is 6.42 Å². The maximum absolute atomic E-state index is 13.2. The highest BCUT2D eigenvalue weighted by Crippen LogP contribution is 2.27. The fraction of sp³-hybridized carbons (Fsp3) is 0.444. The van der Waals surface area contributed by atoms with Gasteiger partial charge in [-0.1, -0.05) is 61.7 Å². The number of methoxy groups -OCH3 is 1. The number of carboxylic acid groups (broad SMARTS) is 1. The normalized spacial score (nSPS) is 15.7. The molecule has 182 valence electrons. The van der Waals surface area contributed by atoms with E-state index < -0.39 is 24.0 Å². The maximum Gasteiger partial charge on any atom is 0.326 e. The van der Waals surface area contributed by atoms with E-state index in [0.717, 1.165) is 49.0 Å². The average molecular weight is 467 g/mol. The fourth-order valence-electron chi connectivity index (χ4n) is 4.47. The lowest BCUT2D eigenvalue weighted by Crippen LogP contribution is -2.55. The van der Waals surface area contributed by atoms with Crippen molar-refractivity contribution >= 4 is 17.8 Å². The van der Waals surface area contributed by atoms with E-state index in [4.69, 9.17) is 4.74 Å². The van der Waals surface area contributed by atoms with Crippen molar-refractivity contribution in [3.63, 3.8) is 0 Å². The van der Waals surface area contributed by atoms with Gasteiger partial charge in [-0.25, -0.2) is 4.79 Å². The Hall–Kier alpha value is -3.35. The van der Waals surface area contributed by atoms with E-state index in [1.807, 2.05) is 54.6 Å². The van der Waals surface area contributed by atoms with Gasteiger partial charge in [0, 0.05) is 12.8 Å². The zero-order valence-corrected chi connectivity index (χ0v) is 19.7. The minimum absolute atomic E-state index is 0.00450. The van der Waals surface area contributed by atoms with Crippen LogP contribution in [0.1, 0.15) is 49.7 Å². The van der Waals surface area contributed by atoms with Crippen LogP contribution in [0.15, 0.2) is 54.6 Å². The second-order valence-corrected chi connectivity index (χ2v) is 8.88. The number of nitrogens with one attached hydrogen (secondary N) is 2. The van der Waals surface area contributed by atoms with Crippen molar-refractivity contribution in [1.82, 2.24) is 10.6 Å². The minimum Gasteiger partial charge on any atom is -0.497 e. The number of hydrogen-bond acceptors (Lipinski definition) is 4. The molecule has 34 heavy (non-hydrogen) atoms. The van der Waals surface area contributed by atoms with Crippen LogP contribution in [0.2, 0.25) is 0 Å². The van der Waals surface area contributed by atoms with Gasteiger partial charge in [0.25, 0.3) is 0 Å². The first-order chi connectivity index (χ1) is 16.5. The fourth-order valence-corrected chi connectivity index (χ4v) is 4.47. The number of aliphatic carboxylic acids is 1. The van der Waals surface area contributed by atoms with Gasteiger partial charge in [-0.05, 0) is 48.4 Å². The molecular weight excluding hydrogens is 432 g/mol. The molecule has 1 fully saturated rings. The zero-order chi connectivity index (χ0) is 24.3. The van der Waals surface area contributed by atoms with E-state index in [9.17, 15) is 19.5 Å². The number of carboxylic acids is 1. The number of carbonyl (C=O) groups excluding carboxylic acids is 2. The van der Waals surface area contributed by atoms with Crippen LogP contribution < -0.4 is 15.4 Å². The van der Waals surface area contributed by atoms with Crippen molar-refractivity contribution in [3.05, 3.63) is 65.7 Å². The van der Waals surface area contributed by atoms with Crippen molar-refractivity contribution in [2.75, 3.05) is 7.11 Å². The lowest BCUT2D eigenvalue weighted by molar-refractivity contribution is -0.142. The Kier molecular flexibility index (Phi) is 9.50. The van der Waals surface area contributed by atoms with Crippen LogP contribution in [0.3, 0.4) is 0 Å². The van der Waals surface area contributed by atoms with Gasteiger partial charge in [0.05, 0.1) is 7.11 Å². The highest BCUT2D eigenvalue weighted by Gasteiger charge is 2.33. The molecule has 2 amide bonds. The molecule has 0 unspecified atom stereocenters. The predicted molar refractivity (Wildman–Crippen MR) is 130 cm³/mol. The third kappa shape index (κ3) is 7.61. The molecule has 0 aliphatic heterocycles. The van der Waals surface area contributed by atoms with E-state index in [2.05, 4.69) is 10.6 Å². The molecule has 1 aliphatic rings. The number of carbonyl (C=O) groups is 3. The second-order valence-electron chi connectivity index (χ2n) is 8.88. The highest BCUT2D eigenvalue weighted by atomic mass is 16.5. The van der Waals surface area contributed by atoms with E-state index in [1.165, 1.54) is 0 Å². The second kappa shape index (κ2) is 12.8. The number of hydrogen-bond donors (Lipinski definition) is 3. The number of rotatable bonds is 11. The molecule has 3 rings (SSSR count). The zero-order valence-electron chi connectivity index (χ0n) is 19.7. The Balaban J connectivity index is 1.64. The SMILES string of the molecule is COc1ccc(CCC(=O)N[C@H](C(=O)N[C@@H](Cc2ccccc2)C(=O)O)C2CCCCC2)cc1. The smallest absolute Gasteiger partial charge is 0.326 e. The molecule has 7 heteroatoms. The topological polar surface area (TPSA) is 105 Å². The largest absolute Gasteiger partial charge is 0.497 e. The summed E-state index contributed by atoms with van der Waals surface area (Å²) in [4.78, 5) is 37.9. The van der Waals surface area contributed by atoms with E-state index in [-0.39, 0.29) is 24.7 Å². The molecule has 1 aliphatic carbocycles. The molecule has 0 bridgehead atoms. The van der Waals surface area contributed by atoms with Crippen molar-refractivity contribution in [1.29, 1.82) is 0 Å². The molecule has 2 atom stereocenters. The number of ether oxygens (including phenoxy) is 1. The first kappa shape index (κ1) is 25.3. The first-order valence-electron chi connectivity index (χ1n) is 12.0. The van der Waals surface area contributed by atoms with Crippen LogP contribution in [0.5, 0.6) is 5.75 Å². The minimum atomic E-state index is -1.09. The van der Waals surface area contributed by atoms with Crippen LogP contribution >= 0.6 is 0 Å². The molecule has 1 saturated carbocycles. The summed E-state index contributed by atoms with van der Waals surface area (Å²) in [5.41, 5.74) is 1.83. The van der Waals surface area contributed by atoms with Gasteiger partial charge < -0.3 is 20.5 Å². The first-order valence-corrected chi connectivity index (χ1v) is 12.0. The molecule has 0 radical (unpaired) electrons. The van der Waals surface area contributed by atoms with Crippen molar-refractivity contribution < 1.29 is 24.2 Å². The van der Waals surface area contributed by atoms with Gasteiger partial charge in [0.15, 0.2) is 0 Å². The van der Waals surface area contributed by atoms with Crippen LogP contribution in [-0.2, 0) is 27.2 Å². The van der Waals surface area contributed by atoms with E-state index in [1.54, 1.807) is 7.11 Å². The van der Waals surface area contributed by atoms with Crippen molar-refractivity contribution in [2.45, 2.75) is 63.5 Å². The number of benzene rings is 2. The molecule has 2 aromatic rings. The van der Waals surface area contributed by atoms with Gasteiger partial charge in [-0.15, -0.1) is 0 Å². The van der Waals surface area contributed by atoms with Crippen LogP contribution in [0, 0.1) is 5.92 Å². The maximum atomic E-state index is 13.2. The summed E-state index contributed by atoms with van der Waals surface area (Å²) >= 11 is 0. The third-order valence-electron chi connectivity index (χ3n) is 6.42. The Morgan fingerprint density at radius 1 is 0.941 bits per heavy atom. The van der Waals surface area contributed by atoms with Crippen LogP contribution in [0.25, 0.3) is 0 Å². The molecule has 0 heterocycles. The van der Waals surface area contributed by atoms with Crippen molar-refractivity contribution in [3.8, 4) is 5.75 Å². The lowest BCUT2D eigenvalue weighted by atomic mass is 9.83. The quantitative estimate of drug-likeness (QED) is 0.470. The van der Waals surface area contributed by atoms with Crippen molar-refractivity contribution in [2.24, 2.45) is 5.92 Å². The number of aryl methyl sites for hydroxylation is 1. The Labute approximate surface area is 200 Å². The van der Waals surface area contributed by atoms with Gasteiger partial charge in [0.2, 0.25) is 11.8 Å². The highest BCUT2D eigenvalue weighted by molar-refractivity contribution is 5.90. The summed E-state index contributed by atoms with van der Waals surface area (Å²) in [6, 6.07) is 14.9. The summed E-state index contributed by atoms with van der Waals surface area (Å²) in [6.45, 7) is 0. The van der Waals surface area contributed by atoms with Crippen LogP contribution in [0.4, 0.5) is 0 Å². The summed E-state index contributed by atoms with van der Waals surface area (Å²) in [5, 5.41) is 15.3. The van der Waals surface area contributed by atoms with Crippen LogP contribution in [-0.4, -0.2) is 42.1 Å². The molecule has 0 saturated heterocycles. The standard InChI is InChI=1S/C27H34N2O5/c1-34-22-15-12-19(13-16-22)14-17-24(30)29-25(21-10-6-3-7-11-21)26(31)28-23(27(32)33)18-20-8-4-2-5-9-20/h2,4-5,8-9,12-13,15-16,21,23,25H,3,6-7,10-11,14,17-18H2,1H3,(H,28,31)(H,29,30)(H,32,33)/t23-,25-/m0/s1. The molecule has 7 nitrogen and oxygen atoms in total. The summed E-state index contributed by atoms with van der Waals surface area (Å²) < 4.78 is 5.16. The van der Waals surface area contributed by atoms with Gasteiger partial charge >= 0.3 is 5.97 Å². The lowest BCUT2D eigenvalue weighted by Gasteiger charge is -2.31. The molecule has 3 N–H and O–H groups in total. The predicted octanol–water partition coefficient (Wildman–Crippen LogP) is 3.51. The van der Waals surface area contributed by atoms with Gasteiger partial charge in [-0.2, -0.15) is 0 Å². The number of amides is 2. The summed E-state index contributed by atoms with van der Waals surface area (Å²) in [6.07, 6.45) is 5.77. The Bertz CT molecular complexity index is 939. The third-order valence-corrected chi connectivity index (χ3v) is 6.42. The van der Waals surface area contributed by atoms with E-state index >= 15 is 0 Å². The van der Waals surface area contributed by atoms with Gasteiger partial charge in [-0.3, -0.25) is 9.59 Å². The summed E-state index contributed by atoms with van der Waals surface area (Å²) in [5.74, 6) is -0.967. The summed E-state index contributed by atoms with van der Waals surface area (Å²) in [7, 11) is 1.60. The van der Waals surface area contributed by atoms with Gasteiger partial charge in [0.1, 0.15) is 17.8 Å². The average Bonchev–Trinajstić information content (AvgIpc) is 2.87. The molecule has 0 aromatic heterocycles. The molecular formula is C27H34N2O5. The molecule has 0 spiro atoms. The Morgan fingerprint density at radius 2 is 1.62 bits per heavy atom. The Morgan fingerprint density at radius 3 is 2.24 bits per heavy atom. The monoisotopic (exact) mass is 466 g/mol. The molecule has 2 aromatic carbocycles.